The molecule has 1 N–H and O–H groups in total. The summed E-state index contributed by atoms with van der Waals surface area (Å²) < 4.78 is 5.70. The second-order valence-corrected chi connectivity index (χ2v) is 8.50. The largest absolute Gasteiger partial charge is 0.491 e. The maximum atomic E-state index is 13.2. The van der Waals surface area contributed by atoms with E-state index in [9.17, 15) is 9.59 Å². The summed E-state index contributed by atoms with van der Waals surface area (Å²) in [5.41, 5.74) is 2.80. The summed E-state index contributed by atoms with van der Waals surface area (Å²) in [6, 6.07) is 12.7. The quantitative estimate of drug-likeness (QED) is 0.611. The number of hydrogen-bond donors (Lipinski definition) is 1. The minimum absolute atomic E-state index is 0.0503. The van der Waals surface area contributed by atoms with Crippen LogP contribution in [0.2, 0.25) is 5.02 Å². The molecule has 2 amide bonds. The van der Waals surface area contributed by atoms with Gasteiger partial charge in [-0.1, -0.05) is 43.6 Å². The van der Waals surface area contributed by atoms with Crippen LogP contribution in [0.1, 0.15) is 38.8 Å². The molecule has 5 nitrogen and oxygen atoms in total. The van der Waals surface area contributed by atoms with Crippen LogP contribution < -0.4 is 10.1 Å². The lowest BCUT2D eigenvalue weighted by atomic mass is 10.0. The van der Waals surface area contributed by atoms with Crippen LogP contribution in [0.15, 0.2) is 48.2 Å². The van der Waals surface area contributed by atoms with Gasteiger partial charge in [-0.2, -0.15) is 0 Å². The summed E-state index contributed by atoms with van der Waals surface area (Å²) in [5, 5.41) is 3.77. The van der Waals surface area contributed by atoms with Gasteiger partial charge in [-0.3, -0.25) is 14.5 Å². The third-order valence-electron chi connectivity index (χ3n) is 4.76. The average molecular weight is 427 g/mol. The molecule has 0 bridgehead atoms. The highest BCUT2D eigenvalue weighted by Crippen LogP contribution is 2.33. The van der Waals surface area contributed by atoms with Crippen LogP contribution in [-0.2, 0) is 9.59 Å². The minimum atomic E-state index is -0.328. The molecule has 30 heavy (non-hydrogen) atoms. The Hall–Kier alpha value is -2.79. The number of carbonyl (C=O) groups is 2. The van der Waals surface area contributed by atoms with E-state index in [2.05, 4.69) is 5.32 Å². The number of anilines is 1. The van der Waals surface area contributed by atoms with Gasteiger partial charge in [0.2, 0.25) is 0 Å². The first-order chi connectivity index (χ1) is 14.2. The van der Waals surface area contributed by atoms with Gasteiger partial charge in [-0.05, 0) is 62.1 Å². The summed E-state index contributed by atoms with van der Waals surface area (Å²) in [6.07, 6.45) is 0.0503. The van der Waals surface area contributed by atoms with E-state index in [1.165, 1.54) is 4.90 Å². The molecule has 0 unspecified atom stereocenters. The second-order valence-electron chi connectivity index (χ2n) is 8.09. The number of benzene rings is 2. The smallest absolute Gasteiger partial charge is 0.278 e. The van der Waals surface area contributed by atoms with Crippen LogP contribution in [0.4, 0.5) is 5.69 Å². The average Bonchev–Trinajstić information content (AvgIpc) is 2.90. The SMILES string of the molecule is Cc1c(Cl)cccc1NC1=C(c2ccc(OC(C)C)cc2)C(=O)N(CC(C)C)C1=O. The normalized spacial score (nSPS) is 14.3. The monoisotopic (exact) mass is 426 g/mol. The maximum Gasteiger partial charge on any atom is 0.278 e. The Morgan fingerprint density at radius 1 is 1.00 bits per heavy atom. The van der Waals surface area contributed by atoms with Gasteiger partial charge in [0.05, 0.1) is 11.7 Å². The van der Waals surface area contributed by atoms with Crippen LogP contribution in [0.3, 0.4) is 0 Å². The standard InChI is InChI=1S/C24H27ClN2O3/c1-14(2)13-27-23(28)21(17-9-11-18(12-10-17)30-15(3)4)22(24(27)29)26-20-8-6-7-19(25)16(20)5/h6-12,14-15,26H,13H2,1-5H3. The van der Waals surface area contributed by atoms with Gasteiger partial charge in [0.15, 0.2) is 0 Å². The van der Waals surface area contributed by atoms with Crippen molar-refractivity contribution >= 4 is 34.7 Å². The van der Waals surface area contributed by atoms with Gasteiger partial charge in [0, 0.05) is 17.3 Å². The summed E-state index contributed by atoms with van der Waals surface area (Å²) >= 11 is 6.24. The Kier molecular flexibility index (Phi) is 6.52. The van der Waals surface area contributed by atoms with Crippen molar-refractivity contribution in [1.29, 1.82) is 0 Å². The Bertz CT molecular complexity index is 994. The van der Waals surface area contributed by atoms with E-state index in [0.717, 1.165) is 5.56 Å². The molecule has 3 rings (SSSR count). The predicted octanol–water partition coefficient (Wildman–Crippen LogP) is 5.28. The number of amides is 2. The van der Waals surface area contributed by atoms with E-state index in [0.29, 0.717) is 34.1 Å². The summed E-state index contributed by atoms with van der Waals surface area (Å²) in [6.45, 7) is 10.1. The number of ether oxygens (including phenoxy) is 1. The number of hydrogen-bond acceptors (Lipinski definition) is 4. The molecule has 0 aliphatic carbocycles. The second kappa shape index (κ2) is 8.92. The zero-order valence-corrected chi connectivity index (χ0v) is 18.7. The van der Waals surface area contributed by atoms with E-state index < -0.39 is 0 Å². The molecule has 1 heterocycles. The van der Waals surface area contributed by atoms with Crippen molar-refractivity contribution in [3.05, 3.63) is 64.3 Å². The number of halogens is 1. The molecule has 2 aromatic carbocycles. The van der Waals surface area contributed by atoms with Crippen molar-refractivity contribution in [1.82, 2.24) is 4.90 Å². The number of nitrogens with zero attached hydrogens (tertiary/aromatic N) is 1. The van der Waals surface area contributed by atoms with Gasteiger partial charge < -0.3 is 10.1 Å². The third-order valence-corrected chi connectivity index (χ3v) is 5.17. The number of nitrogens with one attached hydrogen (secondary N) is 1. The Labute approximate surface area is 182 Å². The molecule has 6 heteroatoms. The molecule has 0 aromatic heterocycles. The van der Waals surface area contributed by atoms with Crippen LogP contribution in [0.25, 0.3) is 5.57 Å². The highest BCUT2D eigenvalue weighted by Gasteiger charge is 2.39. The predicted molar refractivity (Wildman–Crippen MR) is 120 cm³/mol. The third kappa shape index (κ3) is 4.51. The molecule has 0 atom stereocenters. The Morgan fingerprint density at radius 3 is 2.27 bits per heavy atom. The molecule has 0 saturated heterocycles. The molecule has 0 spiro atoms. The maximum absolute atomic E-state index is 13.2. The molecule has 2 aromatic rings. The molecule has 0 saturated carbocycles. The van der Waals surface area contributed by atoms with Crippen LogP contribution in [-0.4, -0.2) is 29.4 Å². The minimum Gasteiger partial charge on any atom is -0.491 e. The highest BCUT2D eigenvalue weighted by atomic mass is 35.5. The lowest BCUT2D eigenvalue weighted by Gasteiger charge is -2.17. The summed E-state index contributed by atoms with van der Waals surface area (Å²) in [4.78, 5) is 27.7. The van der Waals surface area contributed by atoms with Crippen molar-refractivity contribution in [3.8, 4) is 5.75 Å². The van der Waals surface area contributed by atoms with Gasteiger partial charge in [-0.25, -0.2) is 0 Å². The van der Waals surface area contributed by atoms with E-state index in [1.54, 1.807) is 6.07 Å². The zero-order valence-electron chi connectivity index (χ0n) is 18.0. The number of rotatable bonds is 7. The van der Waals surface area contributed by atoms with E-state index in [4.69, 9.17) is 16.3 Å². The fourth-order valence-corrected chi connectivity index (χ4v) is 3.52. The van der Waals surface area contributed by atoms with Crippen molar-refractivity contribution in [3.63, 3.8) is 0 Å². The fraction of sp³-hybridized carbons (Fsp3) is 0.333. The van der Waals surface area contributed by atoms with Crippen molar-refractivity contribution in [2.75, 3.05) is 11.9 Å². The topological polar surface area (TPSA) is 58.6 Å². The number of imide groups is 1. The van der Waals surface area contributed by atoms with Crippen LogP contribution in [0.5, 0.6) is 5.75 Å². The van der Waals surface area contributed by atoms with Gasteiger partial charge in [0.25, 0.3) is 11.8 Å². The molecular formula is C24H27ClN2O3. The summed E-state index contributed by atoms with van der Waals surface area (Å²) in [7, 11) is 0. The number of carbonyl (C=O) groups excluding carboxylic acids is 2. The van der Waals surface area contributed by atoms with E-state index in [-0.39, 0.29) is 29.5 Å². The van der Waals surface area contributed by atoms with E-state index in [1.807, 2.05) is 71.0 Å². The highest BCUT2D eigenvalue weighted by molar-refractivity contribution is 6.36. The fourth-order valence-electron chi connectivity index (χ4n) is 3.34. The molecule has 0 radical (unpaired) electrons. The molecular weight excluding hydrogens is 400 g/mol. The van der Waals surface area contributed by atoms with Crippen molar-refractivity contribution < 1.29 is 14.3 Å². The van der Waals surface area contributed by atoms with Crippen molar-refractivity contribution in [2.45, 2.75) is 40.7 Å². The van der Waals surface area contributed by atoms with E-state index >= 15 is 0 Å². The zero-order chi connectivity index (χ0) is 22.0. The van der Waals surface area contributed by atoms with Crippen LogP contribution >= 0.6 is 11.6 Å². The van der Waals surface area contributed by atoms with Gasteiger partial charge >= 0.3 is 0 Å². The lowest BCUT2D eigenvalue weighted by Crippen LogP contribution is -2.35. The first-order valence-electron chi connectivity index (χ1n) is 10.1. The summed E-state index contributed by atoms with van der Waals surface area (Å²) in [5.74, 6) is 0.248. The Balaban J connectivity index is 2.05. The molecule has 158 valence electrons. The molecule has 1 aliphatic heterocycles. The van der Waals surface area contributed by atoms with Gasteiger partial charge in [-0.15, -0.1) is 0 Å². The van der Waals surface area contributed by atoms with Crippen LogP contribution in [0, 0.1) is 12.8 Å². The lowest BCUT2D eigenvalue weighted by molar-refractivity contribution is -0.137. The first kappa shape index (κ1) is 21.9. The Morgan fingerprint density at radius 2 is 1.67 bits per heavy atom. The van der Waals surface area contributed by atoms with Gasteiger partial charge in [0.1, 0.15) is 11.4 Å². The van der Waals surface area contributed by atoms with Crippen molar-refractivity contribution in [2.24, 2.45) is 5.92 Å². The molecule has 0 fully saturated rings. The molecule has 1 aliphatic rings. The first-order valence-corrected chi connectivity index (χ1v) is 10.5.